The fourth-order valence-electron chi connectivity index (χ4n) is 4.95. The van der Waals surface area contributed by atoms with E-state index >= 15 is 4.39 Å². The Hall–Kier alpha value is -4.78. The Labute approximate surface area is 255 Å². The second kappa shape index (κ2) is 12.4. The molecule has 13 heteroatoms. The van der Waals surface area contributed by atoms with Crippen LogP contribution < -0.4 is 32.0 Å². The van der Waals surface area contributed by atoms with Gasteiger partial charge in [0, 0.05) is 47.9 Å². The summed E-state index contributed by atoms with van der Waals surface area (Å²) in [6.07, 6.45) is 8.56. The topological polar surface area (TPSA) is 135 Å². The number of hydrogen-bond donors (Lipinski definition) is 2. The molecule has 1 aliphatic carbocycles. The maximum Gasteiger partial charge on any atom is 0.335 e. The van der Waals surface area contributed by atoms with E-state index in [-0.39, 0.29) is 47.0 Å². The van der Waals surface area contributed by atoms with Crippen molar-refractivity contribution in [2.24, 2.45) is 10.7 Å². The molecule has 0 saturated heterocycles. The number of H-pyrrole nitrogens is 1. The van der Waals surface area contributed by atoms with Crippen LogP contribution in [-0.4, -0.2) is 31.5 Å². The summed E-state index contributed by atoms with van der Waals surface area (Å²) in [5, 5.41) is 2.82. The van der Waals surface area contributed by atoms with Crippen LogP contribution in [0.5, 0.6) is 5.75 Å². The Morgan fingerprint density at radius 2 is 2.05 bits per heavy atom. The van der Waals surface area contributed by atoms with Crippen molar-refractivity contribution in [2.75, 3.05) is 0 Å². The van der Waals surface area contributed by atoms with E-state index in [1.54, 1.807) is 36.4 Å². The van der Waals surface area contributed by atoms with Crippen molar-refractivity contribution in [2.45, 2.75) is 50.7 Å². The van der Waals surface area contributed by atoms with Crippen molar-refractivity contribution in [3.8, 4) is 11.4 Å². The summed E-state index contributed by atoms with van der Waals surface area (Å²) in [5.74, 6) is -1.02. The fraction of sp³-hybridized carbons (Fsp3) is 0.258. The number of aryl methyl sites for hydroxylation is 1. The van der Waals surface area contributed by atoms with Crippen molar-refractivity contribution in [1.29, 1.82) is 0 Å². The smallest absolute Gasteiger partial charge is 0.335 e. The van der Waals surface area contributed by atoms with Gasteiger partial charge in [-0.2, -0.15) is 0 Å². The summed E-state index contributed by atoms with van der Waals surface area (Å²) >= 11 is 1.62. The molecule has 1 aliphatic heterocycles. The molecule has 2 aliphatic rings. The van der Waals surface area contributed by atoms with Crippen LogP contribution in [-0.2, 0) is 6.54 Å². The minimum absolute atomic E-state index is 0.00302. The third-order valence-electron chi connectivity index (χ3n) is 7.30. The van der Waals surface area contributed by atoms with Gasteiger partial charge in [-0.25, -0.2) is 23.1 Å². The third-order valence-corrected chi connectivity index (χ3v) is 8.23. The van der Waals surface area contributed by atoms with Crippen molar-refractivity contribution in [1.82, 2.24) is 14.5 Å². The molecule has 2 aromatic heterocycles. The lowest BCUT2D eigenvalue weighted by Gasteiger charge is -2.28. The highest BCUT2D eigenvalue weighted by atomic mass is 32.2. The normalized spacial score (nSPS) is 21.3. The van der Waals surface area contributed by atoms with Crippen LogP contribution >= 0.6 is 11.8 Å². The summed E-state index contributed by atoms with van der Waals surface area (Å²) in [6, 6.07) is 6.46. The number of aromatic amines is 1. The van der Waals surface area contributed by atoms with E-state index in [0.717, 1.165) is 28.5 Å². The second-order valence-electron chi connectivity index (χ2n) is 10.5. The number of pyridine rings is 1. The lowest BCUT2D eigenvalue weighted by atomic mass is 9.94. The molecule has 0 radical (unpaired) electrons. The van der Waals surface area contributed by atoms with Crippen LogP contribution in [0.4, 0.5) is 8.78 Å². The quantitative estimate of drug-likeness (QED) is 0.393. The largest absolute Gasteiger partial charge is 0.451 e. The van der Waals surface area contributed by atoms with Crippen LogP contribution in [0.2, 0.25) is 0 Å². The van der Waals surface area contributed by atoms with Gasteiger partial charge in [-0.1, -0.05) is 6.92 Å². The Balaban J connectivity index is 1.43. The number of nitrogens with one attached hydrogen (secondary N) is 2. The molecule has 10 nitrogen and oxygen atoms in total. The minimum Gasteiger partial charge on any atom is -0.451 e. The van der Waals surface area contributed by atoms with Crippen molar-refractivity contribution < 1.29 is 23.3 Å². The summed E-state index contributed by atoms with van der Waals surface area (Å²) < 4.78 is 37.6. The van der Waals surface area contributed by atoms with Crippen LogP contribution in [0.15, 0.2) is 87.1 Å². The molecular weight excluding hydrogens is 590 g/mol. The molecule has 3 unspecified atom stereocenters. The molecule has 3 aromatic rings. The number of nitrogens with zero attached hydrogens (tertiary/aromatic N) is 3. The predicted molar refractivity (Wildman–Crippen MR) is 165 cm³/mol. The number of carbonyl (C=O) groups excluding carboxylic acids is 1. The first-order valence-corrected chi connectivity index (χ1v) is 14.8. The van der Waals surface area contributed by atoms with E-state index in [1.807, 2.05) is 6.20 Å². The molecule has 1 aromatic carbocycles. The molecule has 3 atom stereocenters. The van der Waals surface area contributed by atoms with Gasteiger partial charge in [0.05, 0.1) is 17.3 Å². The summed E-state index contributed by atoms with van der Waals surface area (Å²) in [5.41, 5.74) is 5.17. The SMILES string of the molecule is CCn1cc(C(=O)NC2=CC=C(Oc3cc(C4N=CSC4C)c[nH+]c3C=CN)C(C)(F)C2)c(=O)n(-c2ccc(F)cc2)c1=O. The monoisotopic (exact) mass is 621 g/mol. The Morgan fingerprint density at radius 3 is 2.68 bits per heavy atom. The van der Waals surface area contributed by atoms with Gasteiger partial charge in [0.15, 0.2) is 17.6 Å². The van der Waals surface area contributed by atoms with E-state index in [4.69, 9.17) is 10.5 Å². The maximum atomic E-state index is 16.1. The number of aliphatic imine (C=N–C) groups is 1. The highest BCUT2D eigenvalue weighted by Gasteiger charge is 2.36. The number of thioether (sulfide) groups is 1. The molecule has 5 rings (SSSR count). The average Bonchev–Trinajstić information content (AvgIpc) is 3.42. The average molecular weight is 622 g/mol. The summed E-state index contributed by atoms with van der Waals surface area (Å²) in [7, 11) is 0. The zero-order valence-electron chi connectivity index (χ0n) is 24.2. The van der Waals surface area contributed by atoms with Crippen LogP contribution in [0.25, 0.3) is 11.8 Å². The van der Waals surface area contributed by atoms with Gasteiger partial charge in [-0.15, -0.1) is 11.8 Å². The number of rotatable bonds is 8. The first-order chi connectivity index (χ1) is 21.0. The van der Waals surface area contributed by atoms with E-state index < -0.39 is 28.6 Å². The van der Waals surface area contributed by atoms with Crippen molar-refractivity contribution >= 4 is 29.3 Å². The molecule has 44 heavy (non-hydrogen) atoms. The highest BCUT2D eigenvalue weighted by Crippen LogP contribution is 2.38. The number of aromatic nitrogens is 3. The van der Waals surface area contributed by atoms with Crippen LogP contribution in [0, 0.1) is 5.82 Å². The van der Waals surface area contributed by atoms with E-state index in [9.17, 15) is 18.8 Å². The van der Waals surface area contributed by atoms with Crippen molar-refractivity contribution in [3.63, 3.8) is 0 Å². The lowest BCUT2D eigenvalue weighted by Crippen LogP contribution is -2.43. The molecule has 0 bridgehead atoms. The number of nitrogens with two attached hydrogens (primary N) is 1. The molecule has 228 valence electrons. The van der Waals surface area contributed by atoms with Gasteiger partial charge in [0.1, 0.15) is 17.1 Å². The first kappa shape index (κ1) is 30.7. The van der Waals surface area contributed by atoms with Gasteiger partial charge in [-0.05, 0) is 56.3 Å². The van der Waals surface area contributed by atoms with Gasteiger partial charge in [0.25, 0.3) is 11.5 Å². The predicted octanol–water partition coefficient (Wildman–Crippen LogP) is 3.81. The number of allylic oxidation sites excluding steroid dienone is 4. The Kier molecular flexibility index (Phi) is 8.68. The van der Waals surface area contributed by atoms with Gasteiger partial charge in [0.2, 0.25) is 5.69 Å². The van der Waals surface area contributed by atoms with Crippen LogP contribution in [0.3, 0.4) is 0 Å². The van der Waals surface area contributed by atoms with Crippen LogP contribution in [0.1, 0.15) is 54.8 Å². The third kappa shape index (κ3) is 6.13. The molecule has 0 fully saturated rings. The maximum absolute atomic E-state index is 16.1. The Morgan fingerprint density at radius 1 is 1.30 bits per heavy atom. The summed E-state index contributed by atoms with van der Waals surface area (Å²) in [4.78, 5) is 47.1. The number of alkyl halides is 1. The van der Waals surface area contributed by atoms with Crippen molar-refractivity contribution in [3.05, 3.63) is 116 Å². The molecule has 1 amide bonds. The summed E-state index contributed by atoms with van der Waals surface area (Å²) in [6.45, 7) is 5.23. The van der Waals surface area contributed by atoms with Gasteiger partial charge < -0.3 is 15.8 Å². The molecule has 4 N–H and O–H groups in total. The van der Waals surface area contributed by atoms with E-state index in [2.05, 4.69) is 22.2 Å². The Bertz CT molecular complexity index is 1840. The number of hydrogen-bond acceptors (Lipinski definition) is 7. The standard InChI is InChI=1S/C31H30F2N6O4S/c1-4-38-16-23(29(41)39(30(38)42)22-8-5-20(32)6-9-22)28(40)37-21-7-10-26(31(3,33)14-21)43-25-13-19(15-35-24(25)11-12-34)27-18(2)44-17-36-27/h5-13,15-18,27H,4,14,34H2,1-3H3,(H,37,40)/p+1. The number of benzene rings is 1. The number of halogens is 2. The fourth-order valence-corrected chi connectivity index (χ4v) is 5.72. The number of ether oxygens (including phenoxy) is 1. The van der Waals surface area contributed by atoms with Gasteiger partial charge in [-0.3, -0.25) is 19.1 Å². The minimum atomic E-state index is -2.04. The number of carbonyl (C=O) groups is 1. The zero-order valence-corrected chi connectivity index (χ0v) is 25.0. The zero-order chi connectivity index (χ0) is 31.6. The first-order valence-electron chi connectivity index (χ1n) is 13.8. The second-order valence-corrected chi connectivity index (χ2v) is 11.7. The van der Waals surface area contributed by atoms with E-state index in [1.165, 1.54) is 42.0 Å². The molecule has 0 saturated carbocycles. The molecular formula is C31H31F2N6O4S+. The number of amides is 1. The van der Waals surface area contributed by atoms with E-state index in [0.29, 0.717) is 11.4 Å². The molecule has 0 spiro atoms. The lowest BCUT2D eigenvalue weighted by molar-refractivity contribution is -0.382. The van der Waals surface area contributed by atoms with Gasteiger partial charge >= 0.3 is 5.69 Å². The highest BCUT2D eigenvalue weighted by molar-refractivity contribution is 8.12. The molecule has 3 heterocycles.